The fraction of sp³-hybridized carbons (Fsp3) is 0.286. The van der Waals surface area contributed by atoms with E-state index in [9.17, 15) is 18.0 Å². The van der Waals surface area contributed by atoms with Crippen molar-refractivity contribution in [2.24, 2.45) is 0 Å². The van der Waals surface area contributed by atoms with Crippen molar-refractivity contribution < 1.29 is 22.7 Å². The van der Waals surface area contributed by atoms with Crippen molar-refractivity contribution in [3.05, 3.63) is 90.0 Å². The molecular weight excluding hydrogens is 490 g/mol. The summed E-state index contributed by atoms with van der Waals surface area (Å²) in [6.45, 7) is 3.50. The second kappa shape index (κ2) is 12.4. The molecule has 0 aromatic heterocycles. The van der Waals surface area contributed by atoms with Crippen molar-refractivity contribution in [1.82, 2.24) is 10.2 Å². The summed E-state index contributed by atoms with van der Waals surface area (Å²) < 4.78 is 32.3. The van der Waals surface area contributed by atoms with E-state index in [-0.39, 0.29) is 12.5 Å². The van der Waals surface area contributed by atoms with E-state index in [1.165, 1.54) is 11.9 Å². The van der Waals surface area contributed by atoms with Gasteiger partial charge in [0.2, 0.25) is 21.8 Å². The second-order valence-corrected chi connectivity index (χ2v) is 10.6. The van der Waals surface area contributed by atoms with E-state index < -0.39 is 28.5 Å². The summed E-state index contributed by atoms with van der Waals surface area (Å²) in [6.07, 6.45) is 1.43. The van der Waals surface area contributed by atoms with Crippen LogP contribution in [0.2, 0.25) is 0 Å². The lowest BCUT2D eigenvalue weighted by molar-refractivity contribution is -0.140. The molecule has 3 aromatic rings. The number of carbonyl (C=O) groups excluding carboxylic acids is 2. The predicted octanol–water partition coefficient (Wildman–Crippen LogP) is 4.11. The Hall–Kier alpha value is -3.85. The SMILES string of the molecule is CC[C@@H](C(=O)NC)N(Cc1ccc(C)cc1)C(=O)CN(c1ccc(Oc2ccccc2)cc1)S(C)(=O)=O. The average Bonchev–Trinajstić information content (AvgIpc) is 2.88. The first-order chi connectivity index (χ1) is 17.6. The van der Waals surface area contributed by atoms with Crippen molar-refractivity contribution >= 4 is 27.5 Å². The minimum Gasteiger partial charge on any atom is -0.457 e. The fourth-order valence-corrected chi connectivity index (χ4v) is 4.74. The molecule has 3 aromatic carbocycles. The Morgan fingerprint density at radius 2 is 1.51 bits per heavy atom. The van der Waals surface area contributed by atoms with Gasteiger partial charge in [0.05, 0.1) is 11.9 Å². The van der Waals surface area contributed by atoms with Crippen LogP contribution in [0.5, 0.6) is 11.5 Å². The fourth-order valence-electron chi connectivity index (χ4n) is 3.90. The molecule has 0 unspecified atom stereocenters. The van der Waals surface area contributed by atoms with Gasteiger partial charge < -0.3 is 15.0 Å². The number of benzene rings is 3. The Morgan fingerprint density at radius 3 is 2.05 bits per heavy atom. The molecule has 0 fully saturated rings. The maximum Gasteiger partial charge on any atom is 0.244 e. The number of nitrogens with zero attached hydrogens (tertiary/aromatic N) is 2. The van der Waals surface area contributed by atoms with Crippen LogP contribution in [-0.4, -0.2) is 51.0 Å². The Labute approximate surface area is 218 Å². The Balaban J connectivity index is 1.87. The molecule has 37 heavy (non-hydrogen) atoms. The standard InChI is InChI=1S/C28H33N3O5S/c1-5-26(28(33)29-3)30(19-22-13-11-21(2)12-14-22)27(32)20-31(37(4,34)35)23-15-17-25(18-16-23)36-24-9-7-6-8-10-24/h6-18,26H,5,19-20H2,1-4H3,(H,29,33)/t26-/m0/s1. The zero-order valence-electron chi connectivity index (χ0n) is 21.5. The molecule has 0 saturated carbocycles. The molecule has 9 heteroatoms. The second-order valence-electron chi connectivity index (χ2n) is 8.72. The number of hydrogen-bond acceptors (Lipinski definition) is 5. The molecule has 1 N–H and O–H groups in total. The van der Waals surface area contributed by atoms with Crippen molar-refractivity contribution in [1.29, 1.82) is 0 Å². The lowest BCUT2D eigenvalue weighted by Crippen LogP contribution is -2.51. The Morgan fingerprint density at radius 1 is 0.919 bits per heavy atom. The summed E-state index contributed by atoms with van der Waals surface area (Å²) in [5, 5.41) is 2.61. The van der Waals surface area contributed by atoms with Crippen LogP contribution in [0.15, 0.2) is 78.9 Å². The van der Waals surface area contributed by atoms with Gasteiger partial charge in [-0.15, -0.1) is 0 Å². The van der Waals surface area contributed by atoms with Gasteiger partial charge in [-0.3, -0.25) is 13.9 Å². The number of hydrogen-bond donors (Lipinski definition) is 1. The van der Waals surface area contributed by atoms with Crippen LogP contribution < -0.4 is 14.4 Å². The number of nitrogens with one attached hydrogen (secondary N) is 1. The number of carbonyl (C=O) groups is 2. The molecule has 8 nitrogen and oxygen atoms in total. The van der Waals surface area contributed by atoms with E-state index in [1.54, 1.807) is 24.3 Å². The Bertz CT molecular complexity index is 1290. The van der Waals surface area contributed by atoms with Crippen LogP contribution in [0.3, 0.4) is 0 Å². The van der Waals surface area contributed by atoms with E-state index in [2.05, 4.69) is 5.32 Å². The highest BCUT2D eigenvalue weighted by Crippen LogP contribution is 2.26. The number of sulfonamides is 1. The van der Waals surface area contributed by atoms with Crippen LogP contribution in [0, 0.1) is 6.92 Å². The molecule has 0 saturated heterocycles. The summed E-state index contributed by atoms with van der Waals surface area (Å²) >= 11 is 0. The summed E-state index contributed by atoms with van der Waals surface area (Å²) in [5.41, 5.74) is 2.23. The predicted molar refractivity (Wildman–Crippen MR) is 145 cm³/mol. The maximum atomic E-state index is 13.6. The lowest BCUT2D eigenvalue weighted by Gasteiger charge is -2.32. The number of aryl methyl sites for hydroxylation is 1. The van der Waals surface area contributed by atoms with Gasteiger partial charge in [-0.05, 0) is 55.3 Å². The Kier molecular flexibility index (Phi) is 9.30. The first-order valence-corrected chi connectivity index (χ1v) is 13.8. The molecule has 0 radical (unpaired) electrons. The zero-order valence-corrected chi connectivity index (χ0v) is 22.4. The highest BCUT2D eigenvalue weighted by molar-refractivity contribution is 7.92. The largest absolute Gasteiger partial charge is 0.457 e. The van der Waals surface area contributed by atoms with E-state index in [4.69, 9.17) is 4.74 Å². The molecule has 196 valence electrons. The lowest BCUT2D eigenvalue weighted by atomic mass is 10.1. The summed E-state index contributed by atoms with van der Waals surface area (Å²) in [7, 11) is -2.30. The van der Waals surface area contributed by atoms with Crippen LogP contribution in [0.1, 0.15) is 24.5 Å². The van der Waals surface area contributed by atoms with Gasteiger partial charge in [-0.25, -0.2) is 8.42 Å². The molecule has 0 heterocycles. The van der Waals surface area contributed by atoms with Crippen molar-refractivity contribution in [2.45, 2.75) is 32.9 Å². The summed E-state index contributed by atoms with van der Waals surface area (Å²) in [6, 6.07) is 22.6. The third-order valence-corrected chi connectivity index (χ3v) is 7.03. The monoisotopic (exact) mass is 523 g/mol. The molecule has 0 aliphatic carbocycles. The van der Waals surface area contributed by atoms with E-state index in [0.717, 1.165) is 21.7 Å². The topological polar surface area (TPSA) is 96.0 Å². The smallest absolute Gasteiger partial charge is 0.244 e. The number of ether oxygens (including phenoxy) is 1. The van der Waals surface area contributed by atoms with Crippen LogP contribution in [0.4, 0.5) is 5.69 Å². The third kappa shape index (κ3) is 7.57. The van der Waals surface area contributed by atoms with Gasteiger partial charge in [-0.2, -0.15) is 0 Å². The van der Waals surface area contributed by atoms with Crippen LogP contribution >= 0.6 is 0 Å². The molecule has 3 rings (SSSR count). The highest BCUT2D eigenvalue weighted by Gasteiger charge is 2.31. The first kappa shape index (κ1) is 27.7. The average molecular weight is 524 g/mol. The molecule has 0 aliphatic heterocycles. The van der Waals surface area contributed by atoms with Crippen molar-refractivity contribution in [3.8, 4) is 11.5 Å². The van der Waals surface area contributed by atoms with Gasteiger partial charge >= 0.3 is 0 Å². The van der Waals surface area contributed by atoms with Crippen molar-refractivity contribution in [2.75, 3.05) is 24.2 Å². The van der Waals surface area contributed by atoms with E-state index in [1.807, 2.05) is 68.4 Å². The van der Waals surface area contributed by atoms with Gasteiger partial charge in [0.25, 0.3) is 0 Å². The van der Waals surface area contributed by atoms with Crippen LogP contribution in [-0.2, 0) is 26.2 Å². The normalized spacial score (nSPS) is 11.9. The minimum atomic E-state index is -3.81. The van der Waals surface area contributed by atoms with E-state index >= 15 is 0 Å². The third-order valence-electron chi connectivity index (χ3n) is 5.89. The van der Waals surface area contributed by atoms with Crippen molar-refractivity contribution in [3.63, 3.8) is 0 Å². The van der Waals surface area contributed by atoms with Gasteiger partial charge in [0.15, 0.2) is 0 Å². The maximum absolute atomic E-state index is 13.6. The summed E-state index contributed by atoms with van der Waals surface area (Å²) in [5.74, 6) is 0.390. The quantitative estimate of drug-likeness (QED) is 0.408. The summed E-state index contributed by atoms with van der Waals surface area (Å²) in [4.78, 5) is 27.7. The zero-order chi connectivity index (χ0) is 27.0. The first-order valence-electron chi connectivity index (χ1n) is 12.0. The number of para-hydroxylation sites is 1. The molecule has 1 atom stereocenters. The number of likely N-dealkylation sites (N-methyl/N-ethyl adjacent to an activating group) is 1. The molecule has 2 amide bonds. The van der Waals surface area contributed by atoms with E-state index in [0.29, 0.717) is 23.6 Å². The van der Waals surface area contributed by atoms with Gasteiger partial charge in [0.1, 0.15) is 24.1 Å². The number of amides is 2. The van der Waals surface area contributed by atoms with Gasteiger partial charge in [-0.1, -0.05) is 55.0 Å². The minimum absolute atomic E-state index is 0.173. The number of rotatable bonds is 11. The molecule has 0 bridgehead atoms. The molecule has 0 aliphatic rings. The molecular formula is C28H33N3O5S. The molecule has 0 spiro atoms. The van der Waals surface area contributed by atoms with Crippen LogP contribution in [0.25, 0.3) is 0 Å². The number of anilines is 1. The highest BCUT2D eigenvalue weighted by atomic mass is 32.2. The van der Waals surface area contributed by atoms with Gasteiger partial charge in [0, 0.05) is 13.6 Å².